The molecule has 1 aromatic carbocycles. The van der Waals surface area contributed by atoms with Crippen LogP contribution in [0.1, 0.15) is 25.7 Å². The molecule has 82 valence electrons. The van der Waals surface area contributed by atoms with Crippen molar-refractivity contribution in [3.8, 4) is 5.75 Å². The van der Waals surface area contributed by atoms with Gasteiger partial charge in [-0.05, 0) is 37.8 Å². The number of ether oxygens (including phenoxy) is 1. The molecule has 0 radical (unpaired) electrons. The molecule has 1 aliphatic rings. The highest BCUT2D eigenvalue weighted by molar-refractivity contribution is 5.21. The highest BCUT2D eigenvalue weighted by Gasteiger charge is 2.36. The van der Waals surface area contributed by atoms with Gasteiger partial charge in [-0.15, -0.1) is 0 Å². The predicted octanol–water partition coefficient (Wildman–Crippen LogP) is 1.66. The molecular weight excluding hydrogens is 190 g/mol. The number of hydrogen-bond acceptors (Lipinski definition) is 3. The van der Waals surface area contributed by atoms with Crippen molar-refractivity contribution in [1.29, 1.82) is 0 Å². The van der Waals surface area contributed by atoms with Crippen LogP contribution in [-0.2, 0) is 0 Å². The molecule has 1 saturated carbocycles. The highest BCUT2D eigenvalue weighted by atomic mass is 16.5. The van der Waals surface area contributed by atoms with Gasteiger partial charge in [-0.25, -0.2) is 0 Å². The largest absolute Gasteiger partial charge is 0.486 e. The molecule has 0 aliphatic heterocycles. The van der Waals surface area contributed by atoms with Gasteiger partial charge in [-0.2, -0.15) is 0 Å². The molecule has 0 saturated heterocycles. The number of benzene rings is 1. The lowest BCUT2D eigenvalue weighted by Gasteiger charge is -2.36. The molecule has 3 N–H and O–H groups in total. The van der Waals surface area contributed by atoms with Crippen LogP contribution in [0.2, 0.25) is 0 Å². The van der Waals surface area contributed by atoms with E-state index in [0.29, 0.717) is 6.42 Å². The number of rotatable bonds is 2. The first kappa shape index (κ1) is 10.5. The Morgan fingerprint density at radius 3 is 2.67 bits per heavy atom. The van der Waals surface area contributed by atoms with Crippen molar-refractivity contribution >= 4 is 0 Å². The smallest absolute Gasteiger partial charge is 0.150 e. The number of hydrogen-bond donors (Lipinski definition) is 2. The number of aliphatic hydroxyl groups is 1. The summed E-state index contributed by atoms with van der Waals surface area (Å²) >= 11 is 0. The van der Waals surface area contributed by atoms with Crippen molar-refractivity contribution in [2.45, 2.75) is 37.5 Å². The first-order valence-corrected chi connectivity index (χ1v) is 5.41. The fourth-order valence-electron chi connectivity index (χ4n) is 1.97. The van der Waals surface area contributed by atoms with E-state index in [1.165, 1.54) is 0 Å². The van der Waals surface area contributed by atoms with Gasteiger partial charge in [0.05, 0.1) is 0 Å². The zero-order valence-corrected chi connectivity index (χ0v) is 8.73. The SMILES string of the molecule is N[C@@]1(O)CCCC[C@@H]1Oc1ccccc1. The zero-order valence-electron chi connectivity index (χ0n) is 8.73. The van der Waals surface area contributed by atoms with E-state index >= 15 is 0 Å². The second kappa shape index (κ2) is 4.21. The van der Waals surface area contributed by atoms with Crippen LogP contribution in [0, 0.1) is 0 Å². The van der Waals surface area contributed by atoms with Gasteiger partial charge in [-0.1, -0.05) is 18.2 Å². The maximum atomic E-state index is 9.95. The molecule has 1 aromatic rings. The Morgan fingerprint density at radius 2 is 2.00 bits per heavy atom. The quantitative estimate of drug-likeness (QED) is 0.725. The molecule has 0 heterocycles. The molecule has 15 heavy (non-hydrogen) atoms. The van der Waals surface area contributed by atoms with E-state index in [2.05, 4.69) is 0 Å². The van der Waals surface area contributed by atoms with Crippen molar-refractivity contribution in [3.63, 3.8) is 0 Å². The summed E-state index contributed by atoms with van der Waals surface area (Å²) in [6, 6.07) is 9.51. The van der Waals surface area contributed by atoms with E-state index in [1.807, 2.05) is 30.3 Å². The van der Waals surface area contributed by atoms with Crippen LogP contribution in [0.25, 0.3) is 0 Å². The van der Waals surface area contributed by atoms with Crippen LogP contribution >= 0.6 is 0 Å². The summed E-state index contributed by atoms with van der Waals surface area (Å²) in [6.45, 7) is 0. The molecular formula is C12H17NO2. The Kier molecular flexibility index (Phi) is 2.93. The topological polar surface area (TPSA) is 55.5 Å². The van der Waals surface area contributed by atoms with E-state index in [4.69, 9.17) is 10.5 Å². The Hall–Kier alpha value is -1.06. The molecule has 0 spiro atoms. The lowest BCUT2D eigenvalue weighted by Crippen LogP contribution is -2.55. The first-order chi connectivity index (χ1) is 7.18. The van der Waals surface area contributed by atoms with Crippen LogP contribution in [0.5, 0.6) is 5.75 Å². The molecule has 0 bridgehead atoms. The van der Waals surface area contributed by atoms with Crippen LogP contribution in [0.3, 0.4) is 0 Å². The minimum atomic E-state index is -1.17. The van der Waals surface area contributed by atoms with Crippen LogP contribution < -0.4 is 10.5 Å². The molecule has 2 atom stereocenters. The van der Waals surface area contributed by atoms with E-state index in [9.17, 15) is 5.11 Å². The lowest BCUT2D eigenvalue weighted by molar-refractivity contribution is -0.0828. The first-order valence-electron chi connectivity index (χ1n) is 5.41. The van der Waals surface area contributed by atoms with Crippen molar-refractivity contribution in [2.24, 2.45) is 5.73 Å². The second-order valence-corrected chi connectivity index (χ2v) is 4.16. The van der Waals surface area contributed by atoms with Crippen molar-refractivity contribution in [1.82, 2.24) is 0 Å². The van der Waals surface area contributed by atoms with Gasteiger partial charge in [0.25, 0.3) is 0 Å². The summed E-state index contributed by atoms with van der Waals surface area (Å²) in [4.78, 5) is 0. The van der Waals surface area contributed by atoms with Crippen molar-refractivity contribution in [2.75, 3.05) is 0 Å². The third-order valence-electron chi connectivity index (χ3n) is 2.87. The van der Waals surface area contributed by atoms with Gasteiger partial charge >= 0.3 is 0 Å². The van der Waals surface area contributed by atoms with E-state index < -0.39 is 5.72 Å². The van der Waals surface area contributed by atoms with Crippen LogP contribution in [0.4, 0.5) is 0 Å². The fraction of sp³-hybridized carbons (Fsp3) is 0.500. The zero-order chi connectivity index (χ0) is 10.7. The summed E-state index contributed by atoms with van der Waals surface area (Å²) in [7, 11) is 0. The molecule has 0 unspecified atom stereocenters. The molecule has 0 aromatic heterocycles. The van der Waals surface area contributed by atoms with E-state index in [0.717, 1.165) is 25.0 Å². The summed E-state index contributed by atoms with van der Waals surface area (Å²) < 4.78 is 5.70. The molecule has 3 nitrogen and oxygen atoms in total. The Morgan fingerprint density at radius 1 is 1.27 bits per heavy atom. The molecule has 1 aliphatic carbocycles. The highest BCUT2D eigenvalue weighted by Crippen LogP contribution is 2.28. The summed E-state index contributed by atoms with van der Waals surface area (Å²) in [5.74, 6) is 0.772. The predicted molar refractivity (Wildman–Crippen MR) is 58.5 cm³/mol. The Bertz CT molecular complexity index is 311. The summed E-state index contributed by atoms with van der Waals surface area (Å²) in [5, 5.41) is 9.95. The number of para-hydroxylation sites is 1. The second-order valence-electron chi connectivity index (χ2n) is 4.16. The van der Waals surface area contributed by atoms with Crippen LogP contribution in [-0.4, -0.2) is 16.9 Å². The fourth-order valence-corrected chi connectivity index (χ4v) is 1.97. The van der Waals surface area contributed by atoms with Crippen LogP contribution in [0.15, 0.2) is 30.3 Å². The minimum Gasteiger partial charge on any atom is -0.486 e. The van der Waals surface area contributed by atoms with Gasteiger partial charge in [0, 0.05) is 0 Å². The normalized spacial score (nSPS) is 31.2. The third kappa shape index (κ3) is 2.49. The third-order valence-corrected chi connectivity index (χ3v) is 2.87. The lowest BCUT2D eigenvalue weighted by atomic mass is 9.89. The monoisotopic (exact) mass is 207 g/mol. The van der Waals surface area contributed by atoms with Gasteiger partial charge in [0.15, 0.2) is 5.72 Å². The summed E-state index contributed by atoms with van der Waals surface area (Å²) in [5.41, 5.74) is 4.63. The molecule has 2 rings (SSSR count). The standard InChI is InChI=1S/C12H17NO2/c13-12(14)9-5-4-8-11(12)15-10-6-2-1-3-7-10/h1-3,6-7,11,14H,4-5,8-9,13H2/t11-,12+/m0/s1. The van der Waals surface area contributed by atoms with Crippen molar-refractivity contribution in [3.05, 3.63) is 30.3 Å². The molecule has 3 heteroatoms. The Balaban J connectivity index is 2.05. The average Bonchev–Trinajstić information content (AvgIpc) is 2.23. The van der Waals surface area contributed by atoms with Crippen molar-refractivity contribution < 1.29 is 9.84 Å². The minimum absolute atomic E-state index is 0.284. The molecule has 0 amide bonds. The maximum absolute atomic E-state index is 9.95. The van der Waals surface area contributed by atoms with Gasteiger partial charge in [-0.3, -0.25) is 0 Å². The summed E-state index contributed by atoms with van der Waals surface area (Å²) in [6.07, 6.45) is 3.19. The maximum Gasteiger partial charge on any atom is 0.150 e. The average molecular weight is 207 g/mol. The molecule has 1 fully saturated rings. The van der Waals surface area contributed by atoms with E-state index in [-0.39, 0.29) is 6.10 Å². The van der Waals surface area contributed by atoms with Gasteiger partial charge in [0.2, 0.25) is 0 Å². The number of nitrogens with two attached hydrogens (primary N) is 1. The Labute approximate surface area is 89.9 Å². The van der Waals surface area contributed by atoms with Gasteiger partial charge < -0.3 is 15.6 Å². The van der Waals surface area contributed by atoms with E-state index in [1.54, 1.807) is 0 Å². The van der Waals surface area contributed by atoms with Gasteiger partial charge in [0.1, 0.15) is 11.9 Å².